The summed E-state index contributed by atoms with van der Waals surface area (Å²) in [6.45, 7) is 8.44. The number of ketones is 2. The van der Waals surface area contributed by atoms with Crippen molar-refractivity contribution in [1.29, 1.82) is 0 Å². The van der Waals surface area contributed by atoms with Crippen LogP contribution < -0.4 is 0 Å². The molecule has 9 atom stereocenters. The summed E-state index contributed by atoms with van der Waals surface area (Å²) in [7, 11) is 0. The number of ether oxygens (including phenoxy) is 4. The van der Waals surface area contributed by atoms with E-state index in [0.29, 0.717) is 18.4 Å². The van der Waals surface area contributed by atoms with E-state index in [2.05, 4.69) is 0 Å². The standard InChI is InChI=1S/C26H31FO7/c1-13(28)31-12-19(30)26-20(32-22(2,3)34-26)10-15-16-9-18(27)17-8-14(29)6-7-23(17,4)25(16)21(33-25)11-24(15,26)5/h6-8,15-16,18,20-21H,9-12H2,1-5H3/t15-,16-,18-,20+,21-,23-,24-,25+,26+/m0/s1. The normalized spacial score (nSPS) is 51.4. The molecule has 0 aromatic carbocycles. The van der Waals surface area contributed by atoms with E-state index in [1.807, 2.05) is 19.9 Å². The van der Waals surface area contributed by atoms with Crippen molar-refractivity contribution in [1.82, 2.24) is 0 Å². The smallest absolute Gasteiger partial charge is 0.303 e. The van der Waals surface area contributed by atoms with Gasteiger partial charge < -0.3 is 18.9 Å². The number of carbonyl (C=O) groups excluding carboxylic acids is 3. The predicted octanol–water partition coefficient (Wildman–Crippen LogP) is 3.01. The van der Waals surface area contributed by atoms with Gasteiger partial charge in [-0.15, -0.1) is 0 Å². The van der Waals surface area contributed by atoms with E-state index in [-0.39, 0.29) is 35.9 Å². The van der Waals surface area contributed by atoms with Crippen LogP contribution in [0, 0.1) is 22.7 Å². The zero-order chi connectivity index (χ0) is 24.5. The SMILES string of the molecule is CC(=O)OCC(=O)[C@@]12OC(C)(C)O[C@@H]1C[C@H]1[C@@H]3C[C@H](F)C4=CC(=O)C=C[C@]4(C)[C@@]34O[C@H]4C[C@@]12C. The molecule has 2 heterocycles. The summed E-state index contributed by atoms with van der Waals surface area (Å²) < 4.78 is 40.0. The minimum atomic E-state index is -1.31. The van der Waals surface area contributed by atoms with Gasteiger partial charge in [0.05, 0.1) is 12.2 Å². The largest absolute Gasteiger partial charge is 0.458 e. The van der Waals surface area contributed by atoms with Crippen molar-refractivity contribution in [2.24, 2.45) is 22.7 Å². The molecule has 2 aliphatic heterocycles. The molecule has 0 amide bonds. The van der Waals surface area contributed by atoms with Crippen LogP contribution in [0.25, 0.3) is 0 Å². The molecule has 1 spiro atoms. The Bertz CT molecular complexity index is 1080. The fraction of sp³-hybridized carbons (Fsp3) is 0.731. The van der Waals surface area contributed by atoms with Crippen molar-refractivity contribution < 1.29 is 37.7 Å². The van der Waals surface area contributed by atoms with Gasteiger partial charge in [-0.1, -0.05) is 13.0 Å². The van der Waals surface area contributed by atoms with Crippen LogP contribution >= 0.6 is 0 Å². The first kappa shape index (κ1) is 22.6. The maximum atomic E-state index is 15.7. The molecule has 5 fully saturated rings. The van der Waals surface area contributed by atoms with Crippen LogP contribution in [0.1, 0.15) is 53.9 Å². The van der Waals surface area contributed by atoms with E-state index in [0.717, 1.165) is 0 Å². The van der Waals surface area contributed by atoms with E-state index in [1.165, 1.54) is 19.1 Å². The lowest BCUT2D eigenvalue weighted by atomic mass is 9.46. The Balaban J connectivity index is 1.43. The number of alkyl halides is 1. The van der Waals surface area contributed by atoms with Crippen LogP contribution in [0.4, 0.5) is 4.39 Å². The summed E-state index contributed by atoms with van der Waals surface area (Å²) in [5.41, 5.74) is -2.84. The minimum Gasteiger partial charge on any atom is -0.458 e. The molecule has 2 saturated heterocycles. The second-order valence-electron chi connectivity index (χ2n) is 11.8. The lowest BCUT2D eigenvalue weighted by molar-refractivity contribution is -0.212. The second-order valence-corrected chi connectivity index (χ2v) is 11.8. The van der Waals surface area contributed by atoms with E-state index >= 15 is 4.39 Å². The summed E-state index contributed by atoms with van der Waals surface area (Å²) in [4.78, 5) is 37.2. The van der Waals surface area contributed by atoms with Gasteiger partial charge in [0.15, 0.2) is 23.8 Å². The van der Waals surface area contributed by atoms with Gasteiger partial charge in [0.2, 0.25) is 5.78 Å². The Labute approximate surface area is 198 Å². The molecule has 4 aliphatic carbocycles. The molecule has 6 rings (SSSR count). The second kappa shape index (κ2) is 6.45. The van der Waals surface area contributed by atoms with Crippen LogP contribution in [-0.2, 0) is 33.3 Å². The highest BCUT2D eigenvalue weighted by Gasteiger charge is 2.85. The molecule has 0 unspecified atom stereocenters. The van der Waals surface area contributed by atoms with Gasteiger partial charge in [-0.05, 0) is 69.6 Å². The first-order chi connectivity index (χ1) is 15.8. The molecule has 3 saturated carbocycles. The molecular formula is C26H31FO7. The number of fused-ring (bicyclic) bond motifs is 5. The lowest BCUT2D eigenvalue weighted by Gasteiger charge is -2.56. The monoisotopic (exact) mass is 474 g/mol. The summed E-state index contributed by atoms with van der Waals surface area (Å²) in [6.07, 6.45) is 4.06. The first-order valence-corrected chi connectivity index (χ1v) is 12.1. The molecule has 0 aromatic heterocycles. The average molecular weight is 475 g/mol. The van der Waals surface area contributed by atoms with Crippen LogP contribution in [-0.4, -0.2) is 59.5 Å². The summed E-state index contributed by atoms with van der Waals surface area (Å²) in [6, 6.07) is 0. The topological polar surface area (TPSA) is 91.4 Å². The number of rotatable bonds is 3. The number of carbonyl (C=O) groups is 3. The zero-order valence-electron chi connectivity index (χ0n) is 20.2. The maximum Gasteiger partial charge on any atom is 0.303 e. The van der Waals surface area contributed by atoms with Gasteiger partial charge in [0.1, 0.15) is 11.8 Å². The Kier molecular flexibility index (Phi) is 4.28. The number of hydrogen-bond acceptors (Lipinski definition) is 7. The van der Waals surface area contributed by atoms with E-state index < -0.39 is 52.7 Å². The molecule has 0 bridgehead atoms. The zero-order valence-corrected chi connectivity index (χ0v) is 20.2. The minimum absolute atomic E-state index is 0.101. The van der Waals surface area contributed by atoms with E-state index in [4.69, 9.17) is 18.9 Å². The van der Waals surface area contributed by atoms with Crippen molar-refractivity contribution in [2.75, 3.05) is 6.61 Å². The van der Waals surface area contributed by atoms with Crippen molar-refractivity contribution in [3.63, 3.8) is 0 Å². The first-order valence-electron chi connectivity index (χ1n) is 12.1. The molecule has 6 aliphatic rings. The third-order valence-electron chi connectivity index (χ3n) is 9.73. The van der Waals surface area contributed by atoms with Gasteiger partial charge in [-0.25, -0.2) is 4.39 Å². The van der Waals surface area contributed by atoms with Crippen molar-refractivity contribution in [3.8, 4) is 0 Å². The Hall–Kier alpha value is -1.90. The lowest BCUT2D eigenvalue weighted by Crippen LogP contribution is -2.64. The molecule has 0 radical (unpaired) electrons. The quantitative estimate of drug-likeness (QED) is 0.459. The van der Waals surface area contributed by atoms with Gasteiger partial charge in [0, 0.05) is 17.8 Å². The Morgan fingerprint density at radius 3 is 2.56 bits per heavy atom. The number of epoxide rings is 1. The highest BCUT2D eigenvalue weighted by atomic mass is 19.1. The van der Waals surface area contributed by atoms with Crippen LogP contribution in [0.5, 0.6) is 0 Å². The maximum absolute atomic E-state index is 15.7. The summed E-state index contributed by atoms with van der Waals surface area (Å²) in [5.74, 6) is -2.31. The predicted molar refractivity (Wildman–Crippen MR) is 116 cm³/mol. The average Bonchev–Trinajstić information content (AvgIpc) is 3.32. The molecule has 7 nitrogen and oxygen atoms in total. The number of allylic oxidation sites excluding steroid dienone is 2. The number of halogens is 1. The van der Waals surface area contributed by atoms with Crippen LogP contribution in [0.3, 0.4) is 0 Å². The van der Waals surface area contributed by atoms with E-state index in [1.54, 1.807) is 13.8 Å². The fourth-order valence-electron chi connectivity index (χ4n) is 8.51. The number of esters is 1. The Morgan fingerprint density at radius 2 is 1.85 bits per heavy atom. The van der Waals surface area contributed by atoms with E-state index in [9.17, 15) is 14.4 Å². The molecule has 0 aromatic rings. The van der Waals surface area contributed by atoms with Gasteiger partial charge >= 0.3 is 5.97 Å². The van der Waals surface area contributed by atoms with Gasteiger partial charge in [0.25, 0.3) is 0 Å². The summed E-state index contributed by atoms with van der Waals surface area (Å²) >= 11 is 0. The van der Waals surface area contributed by atoms with Crippen LogP contribution in [0.15, 0.2) is 23.8 Å². The van der Waals surface area contributed by atoms with Crippen molar-refractivity contribution in [2.45, 2.75) is 89.2 Å². The van der Waals surface area contributed by atoms with Crippen LogP contribution in [0.2, 0.25) is 0 Å². The molecular weight excluding hydrogens is 443 g/mol. The third-order valence-corrected chi connectivity index (χ3v) is 9.73. The molecule has 184 valence electrons. The number of Topliss-reactive ketones (excluding diaryl/α,β-unsaturated/α-hetero) is 1. The summed E-state index contributed by atoms with van der Waals surface area (Å²) in [5, 5.41) is 0. The third kappa shape index (κ3) is 2.45. The molecule has 34 heavy (non-hydrogen) atoms. The number of hydrogen-bond donors (Lipinski definition) is 0. The van der Waals surface area contributed by atoms with Gasteiger partial charge in [-0.2, -0.15) is 0 Å². The van der Waals surface area contributed by atoms with Gasteiger partial charge in [-0.3, -0.25) is 14.4 Å². The highest BCUT2D eigenvalue weighted by molar-refractivity contribution is 6.01. The molecule has 8 heteroatoms. The van der Waals surface area contributed by atoms with Crippen molar-refractivity contribution in [3.05, 3.63) is 23.8 Å². The molecule has 0 N–H and O–H groups in total. The van der Waals surface area contributed by atoms with Crippen molar-refractivity contribution >= 4 is 17.5 Å². The Morgan fingerprint density at radius 1 is 1.12 bits per heavy atom. The highest BCUT2D eigenvalue weighted by Crippen LogP contribution is 2.77. The fourth-order valence-corrected chi connectivity index (χ4v) is 8.51.